The van der Waals surface area contributed by atoms with Crippen LogP contribution in [0.2, 0.25) is 5.02 Å². The van der Waals surface area contributed by atoms with Gasteiger partial charge >= 0.3 is 0 Å². The van der Waals surface area contributed by atoms with Crippen molar-refractivity contribution in [1.82, 2.24) is 0 Å². The van der Waals surface area contributed by atoms with Crippen molar-refractivity contribution in [3.63, 3.8) is 0 Å². The highest BCUT2D eigenvalue weighted by Crippen LogP contribution is 2.09. The molecule has 0 amide bonds. The zero-order valence-corrected chi connectivity index (χ0v) is 12.3. The van der Waals surface area contributed by atoms with Crippen LogP contribution in [0.25, 0.3) is 0 Å². The molecular formula is C19H17Cl. The maximum atomic E-state index is 5.85. The first-order valence-corrected chi connectivity index (χ1v) is 7.13. The molecule has 0 aliphatic heterocycles. The molecule has 0 aliphatic carbocycles. The van der Waals surface area contributed by atoms with E-state index in [0.717, 1.165) is 29.0 Å². The Morgan fingerprint density at radius 1 is 0.900 bits per heavy atom. The molecule has 0 bridgehead atoms. The summed E-state index contributed by atoms with van der Waals surface area (Å²) in [5, 5.41) is 0.737. The van der Waals surface area contributed by atoms with E-state index < -0.39 is 0 Å². The highest BCUT2D eigenvalue weighted by molar-refractivity contribution is 6.30. The fourth-order valence-electron chi connectivity index (χ4n) is 1.85. The molecule has 0 radical (unpaired) electrons. The Bertz CT molecular complexity index is 622. The van der Waals surface area contributed by atoms with Gasteiger partial charge in [0, 0.05) is 16.1 Å². The molecule has 0 saturated heterocycles. The number of rotatable bonds is 3. The lowest BCUT2D eigenvalue weighted by Crippen LogP contribution is -1.83. The van der Waals surface area contributed by atoms with Gasteiger partial charge in [-0.15, -0.1) is 0 Å². The van der Waals surface area contributed by atoms with Crippen LogP contribution in [0.4, 0.5) is 0 Å². The molecule has 0 atom stereocenters. The van der Waals surface area contributed by atoms with Crippen molar-refractivity contribution in [1.29, 1.82) is 0 Å². The Kier molecular flexibility index (Phi) is 5.47. The Labute approximate surface area is 126 Å². The van der Waals surface area contributed by atoms with E-state index in [1.54, 1.807) is 0 Å². The van der Waals surface area contributed by atoms with E-state index in [4.69, 9.17) is 11.6 Å². The van der Waals surface area contributed by atoms with Gasteiger partial charge < -0.3 is 0 Å². The summed E-state index contributed by atoms with van der Waals surface area (Å²) in [7, 11) is 0. The van der Waals surface area contributed by atoms with Crippen LogP contribution in [0.5, 0.6) is 0 Å². The molecule has 0 aliphatic rings. The zero-order valence-electron chi connectivity index (χ0n) is 11.6. The van der Waals surface area contributed by atoms with Gasteiger partial charge in [-0.2, -0.15) is 0 Å². The molecule has 100 valence electrons. The van der Waals surface area contributed by atoms with Gasteiger partial charge in [-0.25, -0.2) is 0 Å². The van der Waals surface area contributed by atoms with Crippen molar-refractivity contribution in [2.24, 2.45) is 0 Å². The molecule has 2 aromatic rings. The molecule has 0 saturated carbocycles. The molecule has 2 rings (SSSR count). The van der Waals surface area contributed by atoms with Gasteiger partial charge in [-0.3, -0.25) is 0 Å². The van der Waals surface area contributed by atoms with E-state index in [9.17, 15) is 0 Å². The predicted octanol–water partition coefficient (Wildman–Crippen LogP) is 5.25. The molecule has 0 spiro atoms. The third-order valence-electron chi connectivity index (χ3n) is 2.98. The van der Waals surface area contributed by atoms with Crippen molar-refractivity contribution >= 4 is 11.6 Å². The minimum Gasteiger partial charge on any atom is -0.0917 e. The van der Waals surface area contributed by atoms with Crippen LogP contribution >= 0.6 is 11.6 Å². The second-order valence-corrected chi connectivity index (χ2v) is 5.00. The Hall–Kier alpha value is -1.97. The third-order valence-corrected chi connectivity index (χ3v) is 3.24. The van der Waals surface area contributed by atoms with Crippen molar-refractivity contribution in [2.75, 3.05) is 0 Å². The summed E-state index contributed by atoms with van der Waals surface area (Å²) in [5.74, 6) is 6.31. The number of hydrogen-bond acceptors (Lipinski definition) is 0. The summed E-state index contributed by atoms with van der Waals surface area (Å²) in [5.41, 5.74) is 3.36. The topological polar surface area (TPSA) is 0 Å². The van der Waals surface area contributed by atoms with Crippen LogP contribution in [-0.2, 0) is 6.42 Å². The molecule has 1 heteroatoms. The summed E-state index contributed by atoms with van der Waals surface area (Å²) >= 11 is 5.85. The molecule has 0 unspecified atom stereocenters. The van der Waals surface area contributed by atoms with E-state index in [2.05, 4.69) is 55.2 Å². The average Bonchev–Trinajstić information content (AvgIpc) is 2.48. The molecule has 0 nitrogen and oxygen atoms in total. The summed E-state index contributed by atoms with van der Waals surface area (Å²) in [6.45, 7) is 2.05. The first-order valence-electron chi connectivity index (χ1n) is 6.75. The standard InChI is InChI=1S/C19H17Cl/c1-2-3-4-5-16-6-8-17(9-7-16)10-11-18-12-14-19(20)15-13-18/h2-3,6-9,12-15H,4-5H2,1H3/b3-2+. The second-order valence-electron chi connectivity index (χ2n) is 4.56. The van der Waals surface area contributed by atoms with Crippen LogP contribution in [0.3, 0.4) is 0 Å². The van der Waals surface area contributed by atoms with Gasteiger partial charge in [-0.05, 0) is 61.7 Å². The van der Waals surface area contributed by atoms with Gasteiger partial charge in [0.25, 0.3) is 0 Å². The SMILES string of the molecule is C/C=C/CCc1ccc(C#Cc2ccc(Cl)cc2)cc1. The molecule has 0 fully saturated rings. The molecule has 0 aromatic heterocycles. The minimum absolute atomic E-state index is 0.737. The van der Waals surface area contributed by atoms with E-state index in [1.807, 2.05) is 24.3 Å². The van der Waals surface area contributed by atoms with Gasteiger partial charge in [0.15, 0.2) is 0 Å². The normalized spacial score (nSPS) is 10.3. The monoisotopic (exact) mass is 280 g/mol. The molecule has 2 aromatic carbocycles. The number of benzene rings is 2. The number of allylic oxidation sites excluding steroid dienone is 2. The fraction of sp³-hybridized carbons (Fsp3) is 0.158. The zero-order chi connectivity index (χ0) is 14.2. The van der Waals surface area contributed by atoms with Crippen molar-refractivity contribution < 1.29 is 0 Å². The lowest BCUT2D eigenvalue weighted by atomic mass is 10.1. The molecular weight excluding hydrogens is 264 g/mol. The van der Waals surface area contributed by atoms with Crippen molar-refractivity contribution in [3.05, 3.63) is 82.4 Å². The highest BCUT2D eigenvalue weighted by Gasteiger charge is 1.92. The number of hydrogen-bond donors (Lipinski definition) is 0. The summed E-state index contributed by atoms with van der Waals surface area (Å²) in [4.78, 5) is 0. The summed E-state index contributed by atoms with van der Waals surface area (Å²) < 4.78 is 0. The summed E-state index contributed by atoms with van der Waals surface area (Å²) in [6.07, 6.45) is 6.45. The quantitative estimate of drug-likeness (QED) is 0.532. The van der Waals surface area contributed by atoms with Gasteiger partial charge in [0.05, 0.1) is 0 Å². The van der Waals surface area contributed by atoms with Crippen molar-refractivity contribution in [3.8, 4) is 11.8 Å². The predicted molar refractivity (Wildman–Crippen MR) is 87.0 cm³/mol. The van der Waals surface area contributed by atoms with E-state index in [0.29, 0.717) is 0 Å². The van der Waals surface area contributed by atoms with Crippen LogP contribution < -0.4 is 0 Å². The van der Waals surface area contributed by atoms with Gasteiger partial charge in [0.2, 0.25) is 0 Å². The summed E-state index contributed by atoms with van der Waals surface area (Å²) in [6, 6.07) is 16.0. The number of aryl methyl sites for hydroxylation is 1. The minimum atomic E-state index is 0.737. The molecule has 20 heavy (non-hydrogen) atoms. The number of halogens is 1. The maximum Gasteiger partial charge on any atom is 0.0406 e. The van der Waals surface area contributed by atoms with Gasteiger partial charge in [-0.1, -0.05) is 47.7 Å². The second kappa shape index (κ2) is 7.58. The van der Waals surface area contributed by atoms with Gasteiger partial charge in [0.1, 0.15) is 0 Å². The molecule has 0 heterocycles. The van der Waals surface area contributed by atoms with Crippen LogP contribution in [-0.4, -0.2) is 0 Å². The Morgan fingerprint density at radius 3 is 2.00 bits per heavy atom. The van der Waals surface area contributed by atoms with Crippen molar-refractivity contribution in [2.45, 2.75) is 19.8 Å². The van der Waals surface area contributed by atoms with Crippen LogP contribution in [0, 0.1) is 11.8 Å². The maximum absolute atomic E-state index is 5.85. The Morgan fingerprint density at radius 2 is 1.45 bits per heavy atom. The van der Waals surface area contributed by atoms with E-state index >= 15 is 0 Å². The Balaban J connectivity index is 2.02. The lowest BCUT2D eigenvalue weighted by molar-refractivity contribution is 0.999. The highest BCUT2D eigenvalue weighted by atomic mass is 35.5. The fourth-order valence-corrected chi connectivity index (χ4v) is 1.97. The smallest absolute Gasteiger partial charge is 0.0406 e. The van der Waals surface area contributed by atoms with E-state index in [1.165, 1.54) is 5.56 Å². The first kappa shape index (κ1) is 14.4. The lowest BCUT2D eigenvalue weighted by Gasteiger charge is -1.98. The molecule has 0 N–H and O–H groups in total. The first-order chi connectivity index (χ1) is 9.78. The van der Waals surface area contributed by atoms with Crippen LogP contribution in [0.1, 0.15) is 30.0 Å². The van der Waals surface area contributed by atoms with Crippen LogP contribution in [0.15, 0.2) is 60.7 Å². The third kappa shape index (κ3) is 4.61. The largest absolute Gasteiger partial charge is 0.0917 e. The average molecular weight is 281 g/mol. The van der Waals surface area contributed by atoms with E-state index in [-0.39, 0.29) is 0 Å².